The van der Waals surface area contributed by atoms with Crippen LogP contribution in [0.5, 0.6) is 0 Å². The van der Waals surface area contributed by atoms with Crippen LogP contribution in [-0.4, -0.2) is 35.8 Å². The Bertz CT molecular complexity index is 713. The summed E-state index contributed by atoms with van der Waals surface area (Å²) in [5.74, 6) is 0.105. The lowest BCUT2D eigenvalue weighted by Gasteiger charge is -2.32. The second-order valence-electron chi connectivity index (χ2n) is 5.61. The van der Waals surface area contributed by atoms with Gasteiger partial charge in [0, 0.05) is 30.8 Å². The lowest BCUT2D eigenvalue weighted by Crippen LogP contribution is -2.46. The molecule has 2 aromatic heterocycles. The molecular weight excluding hydrogens is 364 g/mol. The van der Waals surface area contributed by atoms with E-state index in [1.165, 1.54) is 12.5 Å². The molecule has 1 N–H and O–H groups in total. The number of carbonyl (C=O) groups is 2. The van der Waals surface area contributed by atoms with Crippen LogP contribution in [0.15, 0.2) is 38.2 Å². The number of likely N-dealkylation sites (tertiary alicyclic amines) is 1. The average Bonchev–Trinajstić information content (AvgIpc) is 3.16. The summed E-state index contributed by atoms with van der Waals surface area (Å²) in [5.41, 5.74) is 1.35. The molecule has 0 aromatic carbocycles. The number of nitrogens with zero attached hydrogens (tertiary/aromatic N) is 1. The maximum absolute atomic E-state index is 12.3. The largest absolute Gasteiger partial charge is 0.459 e. The highest BCUT2D eigenvalue weighted by atomic mass is 79.9. The summed E-state index contributed by atoms with van der Waals surface area (Å²) in [6.07, 6.45) is 4.39. The molecule has 1 aliphatic heterocycles. The molecule has 2 aromatic rings. The van der Waals surface area contributed by atoms with Gasteiger partial charge in [0.05, 0.1) is 11.8 Å². The Labute approximate surface area is 141 Å². The molecule has 23 heavy (non-hydrogen) atoms. The van der Waals surface area contributed by atoms with Gasteiger partial charge in [0.25, 0.3) is 11.8 Å². The molecular formula is C16H17BrN2O4. The zero-order chi connectivity index (χ0) is 16.4. The van der Waals surface area contributed by atoms with Crippen molar-refractivity contribution >= 4 is 27.7 Å². The van der Waals surface area contributed by atoms with Gasteiger partial charge in [-0.2, -0.15) is 0 Å². The molecule has 0 aliphatic carbocycles. The number of halogens is 1. The van der Waals surface area contributed by atoms with E-state index in [0.717, 1.165) is 18.4 Å². The van der Waals surface area contributed by atoms with Gasteiger partial charge in [-0.05, 0) is 41.8 Å². The molecule has 0 bridgehead atoms. The SMILES string of the molecule is Cc1ccoc1C(=O)NC1CCN(C(=O)c2coc(Br)c2)CC1. The van der Waals surface area contributed by atoms with E-state index in [1.807, 2.05) is 6.92 Å². The first-order chi connectivity index (χ1) is 11.0. The van der Waals surface area contributed by atoms with Crippen LogP contribution in [0.3, 0.4) is 0 Å². The van der Waals surface area contributed by atoms with Gasteiger partial charge in [-0.3, -0.25) is 9.59 Å². The van der Waals surface area contributed by atoms with Crippen LogP contribution in [0.4, 0.5) is 0 Å². The van der Waals surface area contributed by atoms with Gasteiger partial charge >= 0.3 is 0 Å². The minimum absolute atomic E-state index is 0.0483. The first kappa shape index (κ1) is 15.9. The Kier molecular flexibility index (Phi) is 4.56. The lowest BCUT2D eigenvalue weighted by atomic mass is 10.0. The summed E-state index contributed by atoms with van der Waals surface area (Å²) in [5, 5.41) is 2.97. The quantitative estimate of drug-likeness (QED) is 0.887. The molecule has 122 valence electrons. The van der Waals surface area contributed by atoms with Gasteiger partial charge in [-0.15, -0.1) is 0 Å². The minimum Gasteiger partial charge on any atom is -0.459 e. The zero-order valence-corrected chi connectivity index (χ0v) is 14.3. The van der Waals surface area contributed by atoms with Crippen molar-refractivity contribution in [1.29, 1.82) is 0 Å². The zero-order valence-electron chi connectivity index (χ0n) is 12.7. The number of hydrogen-bond donors (Lipinski definition) is 1. The highest BCUT2D eigenvalue weighted by Gasteiger charge is 2.26. The number of aryl methyl sites for hydroxylation is 1. The maximum Gasteiger partial charge on any atom is 0.287 e. The predicted molar refractivity (Wildman–Crippen MR) is 86.2 cm³/mol. The normalized spacial score (nSPS) is 15.7. The Morgan fingerprint density at radius 2 is 2.04 bits per heavy atom. The number of rotatable bonds is 3. The van der Waals surface area contributed by atoms with E-state index in [4.69, 9.17) is 8.83 Å². The summed E-state index contributed by atoms with van der Waals surface area (Å²) < 4.78 is 10.8. The van der Waals surface area contributed by atoms with Crippen LogP contribution in [0, 0.1) is 6.92 Å². The fraction of sp³-hybridized carbons (Fsp3) is 0.375. The van der Waals surface area contributed by atoms with Crippen LogP contribution in [0.2, 0.25) is 0 Å². The Balaban J connectivity index is 1.53. The van der Waals surface area contributed by atoms with Crippen molar-refractivity contribution in [3.63, 3.8) is 0 Å². The third-order valence-electron chi connectivity index (χ3n) is 4.00. The number of hydrogen-bond acceptors (Lipinski definition) is 4. The van der Waals surface area contributed by atoms with Crippen molar-refractivity contribution in [1.82, 2.24) is 10.2 Å². The van der Waals surface area contributed by atoms with Crippen molar-refractivity contribution < 1.29 is 18.4 Å². The molecule has 1 aliphatic rings. The molecule has 0 atom stereocenters. The lowest BCUT2D eigenvalue weighted by molar-refractivity contribution is 0.0695. The average molecular weight is 381 g/mol. The molecule has 0 saturated carbocycles. The van der Waals surface area contributed by atoms with Crippen LogP contribution in [0.1, 0.15) is 39.3 Å². The van der Waals surface area contributed by atoms with Crippen LogP contribution >= 0.6 is 15.9 Å². The molecule has 3 heterocycles. The van der Waals surface area contributed by atoms with Crippen molar-refractivity contribution in [2.45, 2.75) is 25.8 Å². The standard InChI is InChI=1S/C16H17BrN2O4/c1-10-4-7-22-14(10)15(20)18-12-2-5-19(6-3-12)16(21)11-8-13(17)23-9-11/h4,7-9,12H,2-3,5-6H2,1H3,(H,18,20). The fourth-order valence-electron chi connectivity index (χ4n) is 2.69. The van der Waals surface area contributed by atoms with E-state index < -0.39 is 0 Å². The third-order valence-corrected chi connectivity index (χ3v) is 4.42. The molecule has 0 spiro atoms. The number of nitrogens with one attached hydrogen (secondary N) is 1. The second kappa shape index (κ2) is 6.62. The number of carbonyl (C=O) groups excluding carboxylic acids is 2. The van der Waals surface area contributed by atoms with Gasteiger partial charge in [0.15, 0.2) is 10.4 Å². The molecule has 6 nitrogen and oxygen atoms in total. The predicted octanol–water partition coefficient (Wildman–Crippen LogP) is 2.98. The highest BCUT2D eigenvalue weighted by molar-refractivity contribution is 9.10. The Hall–Kier alpha value is -2.02. The van der Waals surface area contributed by atoms with Gasteiger partial charge in [0.1, 0.15) is 6.26 Å². The van der Waals surface area contributed by atoms with Gasteiger partial charge < -0.3 is 19.1 Å². The van der Waals surface area contributed by atoms with Crippen molar-refractivity contribution in [3.8, 4) is 0 Å². The Morgan fingerprint density at radius 1 is 1.30 bits per heavy atom. The minimum atomic E-state index is -0.198. The van der Waals surface area contributed by atoms with Crippen molar-refractivity contribution in [3.05, 3.63) is 46.2 Å². The summed E-state index contributed by atoms with van der Waals surface area (Å²) >= 11 is 3.19. The summed E-state index contributed by atoms with van der Waals surface area (Å²) in [7, 11) is 0. The van der Waals surface area contributed by atoms with Crippen LogP contribution in [0.25, 0.3) is 0 Å². The summed E-state index contributed by atoms with van der Waals surface area (Å²) in [6.45, 7) is 3.04. The number of amides is 2. The van der Waals surface area contributed by atoms with E-state index in [9.17, 15) is 9.59 Å². The van der Waals surface area contributed by atoms with Gasteiger partial charge in [-0.25, -0.2) is 0 Å². The van der Waals surface area contributed by atoms with Crippen molar-refractivity contribution in [2.24, 2.45) is 0 Å². The first-order valence-electron chi connectivity index (χ1n) is 7.43. The number of piperidine rings is 1. The summed E-state index contributed by atoms with van der Waals surface area (Å²) in [6, 6.07) is 3.47. The van der Waals surface area contributed by atoms with Crippen LogP contribution in [-0.2, 0) is 0 Å². The molecule has 1 saturated heterocycles. The van der Waals surface area contributed by atoms with E-state index in [0.29, 0.717) is 29.1 Å². The monoisotopic (exact) mass is 380 g/mol. The van der Waals surface area contributed by atoms with Gasteiger partial charge in [0.2, 0.25) is 0 Å². The number of furan rings is 2. The highest BCUT2D eigenvalue weighted by Crippen LogP contribution is 2.19. The molecule has 2 amide bonds. The fourth-order valence-corrected chi connectivity index (χ4v) is 3.03. The van der Waals surface area contributed by atoms with E-state index in [2.05, 4.69) is 21.2 Å². The molecule has 3 rings (SSSR count). The van der Waals surface area contributed by atoms with Crippen LogP contribution < -0.4 is 5.32 Å². The van der Waals surface area contributed by atoms with Crippen molar-refractivity contribution in [2.75, 3.05) is 13.1 Å². The van der Waals surface area contributed by atoms with Gasteiger partial charge in [-0.1, -0.05) is 0 Å². The first-order valence-corrected chi connectivity index (χ1v) is 8.22. The summed E-state index contributed by atoms with van der Waals surface area (Å²) in [4.78, 5) is 26.2. The second-order valence-corrected chi connectivity index (χ2v) is 6.39. The third kappa shape index (κ3) is 3.50. The smallest absolute Gasteiger partial charge is 0.287 e. The topological polar surface area (TPSA) is 75.7 Å². The molecule has 1 fully saturated rings. The molecule has 7 heteroatoms. The Morgan fingerprint density at radius 3 is 2.61 bits per heavy atom. The van der Waals surface area contributed by atoms with E-state index in [1.54, 1.807) is 17.0 Å². The maximum atomic E-state index is 12.3. The molecule has 0 radical (unpaired) electrons. The van der Waals surface area contributed by atoms with E-state index >= 15 is 0 Å². The molecule has 0 unspecified atom stereocenters. The van der Waals surface area contributed by atoms with E-state index in [-0.39, 0.29) is 17.9 Å².